The normalized spacial score (nSPS) is 14.1. The molecule has 1 saturated heterocycles. The first-order valence-electron chi connectivity index (χ1n) is 24.0. The van der Waals surface area contributed by atoms with Gasteiger partial charge < -0.3 is 18.8 Å². The van der Waals surface area contributed by atoms with Gasteiger partial charge in [0.2, 0.25) is 0 Å². The van der Waals surface area contributed by atoms with Crippen LogP contribution in [0.15, 0.2) is 95.0 Å². The third-order valence-electron chi connectivity index (χ3n) is 11.7. The fourth-order valence-electron chi connectivity index (χ4n) is 7.70. The summed E-state index contributed by atoms with van der Waals surface area (Å²) in [6, 6.07) is 24.8. The zero-order valence-corrected chi connectivity index (χ0v) is 48.7. The molecule has 0 aliphatic carbocycles. The lowest BCUT2D eigenvalue weighted by Crippen LogP contribution is -2.41. The number of carbonyl (C=O) groups is 2. The van der Waals surface area contributed by atoms with Crippen molar-refractivity contribution in [2.75, 3.05) is 24.7 Å². The third-order valence-corrected chi connectivity index (χ3v) is 15.2. The molecule has 0 bridgehead atoms. The van der Waals surface area contributed by atoms with Crippen LogP contribution in [0.2, 0.25) is 10.3 Å². The van der Waals surface area contributed by atoms with E-state index in [-0.39, 0.29) is 33.1 Å². The molecule has 0 atom stereocenters. The number of hydrogen-bond acceptors (Lipinski definition) is 10. The quantitative estimate of drug-likeness (QED) is 0.0345. The van der Waals surface area contributed by atoms with Crippen molar-refractivity contribution in [2.45, 2.75) is 130 Å². The average molecular weight is 1170 g/mol. The summed E-state index contributed by atoms with van der Waals surface area (Å²) >= 11 is 16.3. The molecule has 8 nitrogen and oxygen atoms in total. The van der Waals surface area contributed by atoms with Crippen molar-refractivity contribution in [1.29, 1.82) is 0 Å². The molecule has 2 aromatic heterocycles. The summed E-state index contributed by atoms with van der Waals surface area (Å²) in [6.45, 7) is 26.1. The van der Waals surface area contributed by atoms with Crippen molar-refractivity contribution >= 4 is 115 Å². The van der Waals surface area contributed by atoms with Crippen LogP contribution in [0, 0.1) is 26.0 Å². The number of ether oxygens (including phenoxy) is 2. The van der Waals surface area contributed by atoms with Gasteiger partial charge in [-0.3, -0.25) is 9.59 Å². The van der Waals surface area contributed by atoms with Crippen LogP contribution in [0.3, 0.4) is 0 Å². The molecule has 0 amide bonds. The smallest absolute Gasteiger partial charge is 0.466 e. The number of aromatic nitrogens is 2. The van der Waals surface area contributed by atoms with Crippen LogP contribution >= 0.6 is 69.3 Å². The fourth-order valence-corrected chi connectivity index (χ4v) is 10.6. The largest absolute Gasteiger partial charge is 0.496 e. The summed E-state index contributed by atoms with van der Waals surface area (Å²) in [7, 11) is -0.444. The van der Waals surface area contributed by atoms with E-state index in [4.69, 9.17) is 42.0 Å². The van der Waals surface area contributed by atoms with E-state index in [0.29, 0.717) is 46.7 Å². The van der Waals surface area contributed by atoms with Gasteiger partial charge in [0.1, 0.15) is 0 Å². The van der Waals surface area contributed by atoms with Crippen molar-refractivity contribution in [3.8, 4) is 11.1 Å². The monoisotopic (exact) mass is 1170 g/mol. The molecule has 0 radical (unpaired) electrons. The Morgan fingerprint density at radius 2 is 1.10 bits per heavy atom. The molecule has 1 aliphatic heterocycles. The molecule has 72 heavy (non-hydrogen) atoms. The maximum Gasteiger partial charge on any atom is 0.496 e. The standard InChI is InChI=1S/C26H37BO4S.C25H27ClFNO2S.C5H2ClFIN/c1-9-29-23(28)12-13-32-22-16-19-11-10-18(17-24(2,3)4)14-20(19)15-21(22)27-30-25(5,6)26(7,8)31-27;1-5-30-22(29)9-11-31-21-14-17-7-6-16(15-25(2,3)4)12-18(17)13-20(21)19-8-10-28-24(26)23(19)27;6-5-4(7)3(8)1-2-9-5/h10-11,14-16H,9,12-13,17H2,1-8H3;6-8,10,12-14H,5,9,11,15H2,1-4H3;1-2H. The van der Waals surface area contributed by atoms with Crippen molar-refractivity contribution < 1.29 is 37.2 Å². The van der Waals surface area contributed by atoms with E-state index in [1.54, 1.807) is 30.8 Å². The highest BCUT2D eigenvalue weighted by Gasteiger charge is 2.52. The second kappa shape index (κ2) is 25.8. The molecule has 4 aromatic carbocycles. The molecule has 16 heteroatoms. The molecule has 0 unspecified atom stereocenters. The van der Waals surface area contributed by atoms with E-state index in [1.165, 1.54) is 46.1 Å². The number of thioether (sulfide) groups is 2. The molecule has 386 valence electrons. The summed E-state index contributed by atoms with van der Waals surface area (Å²) in [5, 5.41) is 4.26. The van der Waals surface area contributed by atoms with Gasteiger partial charge in [0.05, 0.1) is 40.8 Å². The van der Waals surface area contributed by atoms with E-state index in [2.05, 4.69) is 134 Å². The minimum absolute atomic E-state index is 0.0677. The molecular formula is C56H66BCl2F2IN2O6S2. The number of nitrogens with zero attached hydrogens (tertiary/aromatic N) is 2. The van der Waals surface area contributed by atoms with Crippen molar-refractivity contribution in [2.24, 2.45) is 10.8 Å². The minimum atomic E-state index is -0.540. The van der Waals surface area contributed by atoms with Crippen LogP contribution in [0.1, 0.15) is 107 Å². The number of carbonyl (C=O) groups excluding carboxylic acids is 2. The predicted molar refractivity (Wildman–Crippen MR) is 304 cm³/mol. The SMILES string of the molecule is CCOC(=O)CCSc1cc2ccc(CC(C)(C)C)cc2cc1-c1ccnc(Cl)c1F.CCOC(=O)CCSc1cc2ccc(CC(C)(C)C)cc2cc1B1OC(C)(C)C(C)(C)O1.Fc1c(I)ccnc1Cl. The molecule has 0 spiro atoms. The predicted octanol–water partition coefficient (Wildman–Crippen LogP) is 15.6. The second-order valence-corrected chi connectivity index (χ2v) is 25.0. The van der Waals surface area contributed by atoms with E-state index in [0.717, 1.165) is 44.4 Å². The van der Waals surface area contributed by atoms with Crippen LogP contribution in [0.4, 0.5) is 8.78 Å². The van der Waals surface area contributed by atoms with E-state index in [9.17, 15) is 18.4 Å². The van der Waals surface area contributed by atoms with Crippen LogP contribution < -0.4 is 5.46 Å². The number of pyridine rings is 2. The van der Waals surface area contributed by atoms with Crippen LogP contribution in [-0.2, 0) is 41.2 Å². The lowest BCUT2D eigenvalue weighted by atomic mass is 9.77. The average Bonchev–Trinajstić information content (AvgIpc) is 3.51. The van der Waals surface area contributed by atoms with E-state index in [1.807, 2.05) is 35.6 Å². The van der Waals surface area contributed by atoms with Gasteiger partial charge >= 0.3 is 19.1 Å². The lowest BCUT2D eigenvalue weighted by Gasteiger charge is -2.32. The number of rotatable bonds is 14. The van der Waals surface area contributed by atoms with Crippen LogP contribution in [0.25, 0.3) is 32.7 Å². The Morgan fingerprint density at radius 3 is 1.57 bits per heavy atom. The number of halogens is 5. The first kappa shape index (κ1) is 59.4. The molecule has 1 fully saturated rings. The van der Waals surface area contributed by atoms with Gasteiger partial charge in [-0.15, -0.1) is 23.5 Å². The summed E-state index contributed by atoms with van der Waals surface area (Å²) < 4.78 is 50.7. The van der Waals surface area contributed by atoms with E-state index < -0.39 is 30.0 Å². The van der Waals surface area contributed by atoms with Gasteiger partial charge in [-0.05, 0) is 162 Å². The molecular weight excluding hydrogens is 1110 g/mol. The van der Waals surface area contributed by atoms with E-state index >= 15 is 0 Å². The second-order valence-electron chi connectivity index (χ2n) is 20.8. The molecule has 0 N–H and O–H groups in total. The Bertz CT molecular complexity index is 2820. The zero-order chi connectivity index (χ0) is 53.2. The van der Waals surface area contributed by atoms with Crippen molar-refractivity contribution in [1.82, 2.24) is 9.97 Å². The molecule has 3 heterocycles. The van der Waals surface area contributed by atoms with Gasteiger partial charge in [0, 0.05) is 39.3 Å². The summed E-state index contributed by atoms with van der Waals surface area (Å²) in [5.41, 5.74) is 4.32. The molecule has 0 saturated carbocycles. The fraction of sp³-hybridized carbons (Fsp3) is 0.429. The summed E-state index contributed by atoms with van der Waals surface area (Å²) in [6.07, 6.45) is 5.61. The molecule has 7 rings (SSSR count). The molecule has 1 aliphatic rings. The highest BCUT2D eigenvalue weighted by Crippen LogP contribution is 2.40. The zero-order valence-electron chi connectivity index (χ0n) is 43.4. The van der Waals surface area contributed by atoms with Crippen LogP contribution in [0.5, 0.6) is 0 Å². The maximum absolute atomic E-state index is 14.8. The topological polar surface area (TPSA) is 96.8 Å². The Morgan fingerprint density at radius 1 is 0.639 bits per heavy atom. The van der Waals surface area contributed by atoms with Gasteiger partial charge in [-0.25, -0.2) is 18.7 Å². The van der Waals surface area contributed by atoms with Gasteiger partial charge in [0.15, 0.2) is 21.9 Å². The number of hydrogen-bond donors (Lipinski definition) is 0. The van der Waals surface area contributed by atoms with Gasteiger partial charge in [0.25, 0.3) is 0 Å². The first-order chi connectivity index (χ1) is 33.7. The number of benzene rings is 4. The molecule has 6 aromatic rings. The highest BCUT2D eigenvalue weighted by atomic mass is 127. The Labute approximate surface area is 457 Å². The van der Waals surface area contributed by atoms with Gasteiger partial charge in [-0.1, -0.05) is 107 Å². The number of esters is 2. The summed E-state index contributed by atoms with van der Waals surface area (Å²) in [4.78, 5) is 32.9. The lowest BCUT2D eigenvalue weighted by molar-refractivity contribution is -0.143. The van der Waals surface area contributed by atoms with Crippen LogP contribution in [-0.4, -0.2) is 64.9 Å². The minimum Gasteiger partial charge on any atom is -0.466 e. The van der Waals surface area contributed by atoms with Crippen molar-refractivity contribution in [3.05, 3.63) is 122 Å². The van der Waals surface area contributed by atoms with Gasteiger partial charge in [-0.2, -0.15) is 0 Å². The Hall–Kier alpha value is -3.51. The Balaban J connectivity index is 0.000000228. The first-order valence-corrected chi connectivity index (χ1v) is 27.8. The highest BCUT2D eigenvalue weighted by molar-refractivity contribution is 14.1. The third kappa shape index (κ3) is 17.0. The van der Waals surface area contributed by atoms with Crippen molar-refractivity contribution in [3.63, 3.8) is 0 Å². The maximum atomic E-state index is 14.8. The number of fused-ring (bicyclic) bond motifs is 2. The Kier molecular flexibility index (Phi) is 21.3. The summed E-state index contributed by atoms with van der Waals surface area (Å²) in [5.74, 6) is -0.188.